The Morgan fingerprint density at radius 1 is 0.804 bits per heavy atom. The van der Waals surface area contributed by atoms with Crippen LogP contribution in [0.5, 0.6) is 0 Å². The number of benzene rings is 4. The molecular formula is C39H47N5O2. The molecule has 0 aliphatic heterocycles. The number of likely N-dealkylation sites (N-methyl/N-ethyl adjacent to an activating group) is 1. The number of nitro groups is 1. The van der Waals surface area contributed by atoms with E-state index in [4.69, 9.17) is 0 Å². The van der Waals surface area contributed by atoms with Crippen LogP contribution in [0.1, 0.15) is 47.6 Å². The Bertz CT molecular complexity index is 1690. The van der Waals surface area contributed by atoms with E-state index in [1.165, 1.54) is 44.4 Å². The van der Waals surface area contributed by atoms with Crippen LogP contribution in [-0.2, 0) is 19.4 Å². The van der Waals surface area contributed by atoms with E-state index in [2.05, 4.69) is 108 Å². The Labute approximate surface area is 273 Å². The van der Waals surface area contributed by atoms with Gasteiger partial charge >= 0.3 is 0 Å². The largest absolute Gasteiger partial charge is 0.384 e. The molecule has 0 aliphatic rings. The van der Waals surface area contributed by atoms with E-state index >= 15 is 0 Å². The summed E-state index contributed by atoms with van der Waals surface area (Å²) in [6, 6.07) is 31.2. The Kier molecular flexibility index (Phi) is 11.6. The molecular weight excluding hydrogens is 570 g/mol. The maximum Gasteiger partial charge on any atom is 0.269 e. The van der Waals surface area contributed by atoms with Gasteiger partial charge < -0.3 is 15.6 Å². The van der Waals surface area contributed by atoms with Crippen molar-refractivity contribution in [1.82, 2.24) is 15.2 Å². The zero-order valence-corrected chi connectivity index (χ0v) is 27.4. The number of fused-ring (bicyclic) bond motifs is 1. The maximum atomic E-state index is 11.0. The highest BCUT2D eigenvalue weighted by molar-refractivity contribution is 5.93. The van der Waals surface area contributed by atoms with Gasteiger partial charge in [0.1, 0.15) is 0 Å². The van der Waals surface area contributed by atoms with Crippen molar-refractivity contribution in [2.24, 2.45) is 0 Å². The van der Waals surface area contributed by atoms with Gasteiger partial charge in [-0.15, -0.1) is 0 Å². The van der Waals surface area contributed by atoms with Crippen molar-refractivity contribution in [1.29, 1.82) is 0 Å². The van der Waals surface area contributed by atoms with Crippen LogP contribution in [0.25, 0.3) is 22.2 Å². The monoisotopic (exact) mass is 617 g/mol. The summed E-state index contributed by atoms with van der Waals surface area (Å²) in [5, 5.41) is 19.3. The van der Waals surface area contributed by atoms with E-state index in [1.54, 1.807) is 12.1 Å². The predicted octanol–water partition coefficient (Wildman–Crippen LogP) is 8.45. The Morgan fingerprint density at radius 3 is 2.28 bits per heavy atom. The van der Waals surface area contributed by atoms with Crippen LogP contribution < -0.4 is 10.6 Å². The summed E-state index contributed by atoms with van der Waals surface area (Å²) < 4.78 is 0. The second kappa shape index (κ2) is 16.2. The first-order chi connectivity index (χ1) is 22.4. The van der Waals surface area contributed by atoms with Gasteiger partial charge in [-0.1, -0.05) is 66.6 Å². The van der Waals surface area contributed by atoms with Gasteiger partial charge in [0.2, 0.25) is 0 Å². The molecule has 7 heteroatoms. The summed E-state index contributed by atoms with van der Waals surface area (Å²) in [5.41, 5.74) is 11.3. The molecule has 0 radical (unpaired) electrons. The van der Waals surface area contributed by atoms with Crippen molar-refractivity contribution in [3.05, 3.63) is 129 Å². The number of nitrogens with one attached hydrogen (secondary N) is 3. The first-order valence-corrected chi connectivity index (χ1v) is 16.6. The molecule has 7 nitrogen and oxygen atoms in total. The third kappa shape index (κ3) is 9.05. The van der Waals surface area contributed by atoms with Crippen molar-refractivity contribution < 1.29 is 4.92 Å². The zero-order valence-electron chi connectivity index (χ0n) is 27.4. The molecule has 0 unspecified atom stereocenters. The molecule has 1 heterocycles. The Morgan fingerprint density at radius 2 is 1.57 bits per heavy atom. The molecule has 5 rings (SSSR count). The molecule has 0 aliphatic carbocycles. The molecule has 240 valence electrons. The minimum Gasteiger partial charge on any atom is -0.384 e. The zero-order chi connectivity index (χ0) is 32.3. The molecule has 0 amide bonds. The third-order valence-corrected chi connectivity index (χ3v) is 8.56. The van der Waals surface area contributed by atoms with Gasteiger partial charge in [0.05, 0.1) is 4.92 Å². The van der Waals surface area contributed by atoms with Crippen LogP contribution in [0.15, 0.2) is 91.0 Å². The molecule has 0 spiro atoms. The van der Waals surface area contributed by atoms with Crippen LogP contribution >= 0.6 is 0 Å². The van der Waals surface area contributed by atoms with E-state index in [0.29, 0.717) is 0 Å². The molecule has 5 aromatic rings. The summed E-state index contributed by atoms with van der Waals surface area (Å²) in [4.78, 5) is 17.1. The summed E-state index contributed by atoms with van der Waals surface area (Å²) >= 11 is 0. The van der Waals surface area contributed by atoms with Gasteiger partial charge in [-0.25, -0.2) is 0 Å². The van der Waals surface area contributed by atoms with Crippen LogP contribution in [0.2, 0.25) is 0 Å². The van der Waals surface area contributed by atoms with Gasteiger partial charge in [-0.2, -0.15) is 0 Å². The van der Waals surface area contributed by atoms with E-state index in [9.17, 15) is 10.1 Å². The lowest BCUT2D eigenvalue weighted by Gasteiger charge is -2.23. The quantitative estimate of drug-likeness (QED) is 0.0554. The highest BCUT2D eigenvalue weighted by Gasteiger charge is 2.17. The number of H-pyrrole nitrogens is 1. The van der Waals surface area contributed by atoms with E-state index < -0.39 is 0 Å². The fourth-order valence-electron chi connectivity index (χ4n) is 6.29. The van der Waals surface area contributed by atoms with Crippen molar-refractivity contribution in [2.45, 2.75) is 53.0 Å². The second-order valence-corrected chi connectivity index (χ2v) is 12.3. The first kappa shape index (κ1) is 32.9. The van der Waals surface area contributed by atoms with E-state index in [-0.39, 0.29) is 10.6 Å². The molecule has 46 heavy (non-hydrogen) atoms. The average molecular weight is 618 g/mol. The molecule has 0 saturated carbocycles. The van der Waals surface area contributed by atoms with Crippen molar-refractivity contribution in [2.75, 3.05) is 38.0 Å². The number of rotatable bonds is 17. The maximum absolute atomic E-state index is 11.0. The molecule has 0 atom stereocenters. The number of unbranched alkanes of at least 4 members (excludes halogenated alkanes) is 1. The van der Waals surface area contributed by atoms with Crippen LogP contribution in [0, 0.1) is 24.0 Å². The molecule has 1 aromatic heterocycles. The minimum absolute atomic E-state index is 0.145. The highest BCUT2D eigenvalue weighted by Crippen LogP contribution is 2.34. The van der Waals surface area contributed by atoms with Crippen molar-refractivity contribution >= 4 is 22.3 Å². The number of non-ortho nitro benzene ring substituents is 1. The normalized spacial score (nSPS) is 11.4. The Balaban J connectivity index is 1.36. The third-order valence-electron chi connectivity index (χ3n) is 8.56. The van der Waals surface area contributed by atoms with Gasteiger partial charge in [0, 0.05) is 60.6 Å². The predicted molar refractivity (Wildman–Crippen MR) is 192 cm³/mol. The molecule has 0 bridgehead atoms. The fourth-order valence-corrected chi connectivity index (χ4v) is 6.29. The average Bonchev–Trinajstić information content (AvgIpc) is 3.42. The van der Waals surface area contributed by atoms with Gasteiger partial charge in [0.15, 0.2) is 0 Å². The van der Waals surface area contributed by atoms with Gasteiger partial charge in [-0.05, 0) is 105 Å². The fraction of sp³-hybridized carbons (Fsp3) is 0.333. The van der Waals surface area contributed by atoms with Crippen LogP contribution in [0.3, 0.4) is 0 Å². The number of nitrogens with zero attached hydrogens (tertiary/aromatic N) is 2. The number of hydrogen-bond acceptors (Lipinski definition) is 5. The number of aryl methyl sites for hydroxylation is 3. The Hall–Kier alpha value is -4.46. The number of hydrogen-bond donors (Lipinski definition) is 3. The highest BCUT2D eigenvalue weighted by atomic mass is 16.6. The second-order valence-electron chi connectivity index (χ2n) is 12.3. The minimum atomic E-state index is -0.340. The number of anilines is 1. The molecule has 0 fully saturated rings. The molecule has 0 saturated heterocycles. The summed E-state index contributed by atoms with van der Waals surface area (Å²) in [6.07, 6.45) is 3.94. The smallest absolute Gasteiger partial charge is 0.269 e. The lowest BCUT2D eigenvalue weighted by Crippen LogP contribution is -2.27. The van der Waals surface area contributed by atoms with Crippen molar-refractivity contribution in [3.8, 4) is 11.3 Å². The lowest BCUT2D eigenvalue weighted by atomic mass is 9.99. The lowest BCUT2D eigenvalue weighted by molar-refractivity contribution is -0.384. The van der Waals surface area contributed by atoms with Crippen molar-refractivity contribution in [3.63, 3.8) is 0 Å². The van der Waals surface area contributed by atoms with E-state index in [1.807, 2.05) is 12.1 Å². The molecule has 3 N–H and O–H groups in total. The van der Waals surface area contributed by atoms with Gasteiger partial charge in [-0.3, -0.25) is 15.0 Å². The van der Waals surface area contributed by atoms with E-state index in [0.717, 1.165) is 76.2 Å². The standard InChI is InChI=1S/C39H47N5O2/c1-4-40-20-21-41-34-15-18-38-37(27-34)36(39(42-38)33-25-29(2)24-30(3)26-33)19-23-43(28-32-11-6-5-7-12-32)22-9-8-10-31-13-16-35(17-14-31)44(45)46/h5-7,11-18,24-27,40-42H,4,8-10,19-23,28H2,1-3H3. The first-order valence-electron chi connectivity index (χ1n) is 16.6. The molecule has 4 aromatic carbocycles. The summed E-state index contributed by atoms with van der Waals surface area (Å²) in [7, 11) is 0. The number of nitro benzene ring substituents is 1. The van der Waals surface area contributed by atoms with Gasteiger partial charge in [0.25, 0.3) is 5.69 Å². The van der Waals surface area contributed by atoms with Crippen LogP contribution in [0.4, 0.5) is 11.4 Å². The van der Waals surface area contributed by atoms with Crippen LogP contribution in [-0.4, -0.2) is 47.5 Å². The number of aromatic nitrogens is 1. The number of aromatic amines is 1. The summed E-state index contributed by atoms with van der Waals surface area (Å²) in [6.45, 7) is 12.1. The topological polar surface area (TPSA) is 86.2 Å². The summed E-state index contributed by atoms with van der Waals surface area (Å²) in [5.74, 6) is 0. The SMILES string of the molecule is CCNCCNc1ccc2[nH]c(-c3cc(C)cc(C)c3)c(CCN(CCCCc3ccc([N+](=O)[O-])cc3)Cc3ccccc3)c2c1.